The third kappa shape index (κ3) is 2.64. The molecular weight excluding hydrogens is 334 g/mol. The van der Waals surface area contributed by atoms with E-state index in [2.05, 4.69) is 15.9 Å². The highest BCUT2D eigenvalue weighted by Crippen LogP contribution is 2.31. The van der Waals surface area contributed by atoms with Crippen LogP contribution in [0.5, 0.6) is 0 Å². The van der Waals surface area contributed by atoms with Crippen molar-refractivity contribution >= 4 is 33.4 Å². The topological polar surface area (TPSA) is 20.3 Å². The molecule has 0 aromatic heterocycles. The summed E-state index contributed by atoms with van der Waals surface area (Å²) in [5.41, 5.74) is 1.46. The zero-order chi connectivity index (χ0) is 13.5. The Morgan fingerprint density at radius 1 is 1.39 bits per heavy atom. The van der Waals surface area contributed by atoms with Crippen LogP contribution < -0.4 is 0 Å². The number of carbonyl (C=O) groups excluding carboxylic acids is 1. The first-order chi connectivity index (χ1) is 8.29. The number of rotatable bonds is 0. The molecule has 1 aromatic rings. The first-order valence-electron chi connectivity index (χ1n) is 5.12. The monoisotopic (exact) mass is 341 g/mol. The molecule has 2 rings (SSSR count). The summed E-state index contributed by atoms with van der Waals surface area (Å²) >= 11 is 9.24. The van der Waals surface area contributed by atoms with Crippen LogP contribution in [0.4, 0.5) is 13.2 Å². The van der Waals surface area contributed by atoms with E-state index in [9.17, 15) is 18.0 Å². The summed E-state index contributed by atoms with van der Waals surface area (Å²) in [6.07, 6.45) is -4.49. The van der Waals surface area contributed by atoms with Crippen LogP contribution in [-0.4, -0.2) is 23.5 Å². The SMILES string of the molecule is O=C(N1CCc2c(Cl)cc(Br)cc2C1)C(F)(F)F. The van der Waals surface area contributed by atoms with Gasteiger partial charge in [0.15, 0.2) is 0 Å². The lowest BCUT2D eigenvalue weighted by Gasteiger charge is -2.30. The molecule has 0 saturated heterocycles. The molecule has 1 aliphatic rings. The zero-order valence-electron chi connectivity index (χ0n) is 9.02. The average molecular weight is 343 g/mol. The van der Waals surface area contributed by atoms with Gasteiger partial charge in [-0.1, -0.05) is 27.5 Å². The van der Waals surface area contributed by atoms with Crippen molar-refractivity contribution in [2.24, 2.45) is 0 Å². The van der Waals surface area contributed by atoms with Crippen LogP contribution in [0, 0.1) is 0 Å². The van der Waals surface area contributed by atoms with Crippen molar-refractivity contribution in [1.29, 1.82) is 0 Å². The number of fused-ring (bicyclic) bond motifs is 1. The number of benzene rings is 1. The second kappa shape index (κ2) is 4.74. The molecule has 0 N–H and O–H groups in total. The van der Waals surface area contributed by atoms with E-state index in [1.54, 1.807) is 12.1 Å². The van der Waals surface area contributed by atoms with Gasteiger partial charge >= 0.3 is 12.1 Å². The van der Waals surface area contributed by atoms with E-state index in [0.29, 0.717) is 21.5 Å². The van der Waals surface area contributed by atoms with Gasteiger partial charge in [0.1, 0.15) is 0 Å². The Hall–Kier alpha value is -0.750. The van der Waals surface area contributed by atoms with Gasteiger partial charge in [-0.2, -0.15) is 13.2 Å². The second-order valence-corrected chi connectivity index (χ2v) is 5.32. The van der Waals surface area contributed by atoms with Gasteiger partial charge in [0, 0.05) is 22.6 Å². The first kappa shape index (κ1) is 13.7. The van der Waals surface area contributed by atoms with E-state index >= 15 is 0 Å². The Morgan fingerprint density at radius 3 is 2.67 bits per heavy atom. The standard InChI is InChI=1S/C11H8BrClF3NO/c12-7-3-6-5-17(10(18)11(14,15)16)2-1-8(6)9(13)4-7/h3-4H,1-2,5H2. The molecule has 18 heavy (non-hydrogen) atoms. The molecule has 1 aromatic carbocycles. The number of amides is 1. The molecule has 98 valence electrons. The maximum absolute atomic E-state index is 12.3. The predicted octanol–water partition coefficient (Wildman–Crippen LogP) is 3.55. The Balaban J connectivity index is 2.28. The van der Waals surface area contributed by atoms with Gasteiger partial charge in [0.2, 0.25) is 0 Å². The Kier molecular flexibility index (Phi) is 3.60. The lowest BCUT2D eigenvalue weighted by molar-refractivity contribution is -0.186. The number of carbonyl (C=O) groups is 1. The normalized spacial score (nSPS) is 15.5. The van der Waals surface area contributed by atoms with Crippen molar-refractivity contribution in [3.8, 4) is 0 Å². The highest BCUT2D eigenvalue weighted by atomic mass is 79.9. The highest BCUT2D eigenvalue weighted by Gasteiger charge is 2.43. The molecule has 0 saturated carbocycles. The zero-order valence-corrected chi connectivity index (χ0v) is 11.4. The Morgan fingerprint density at radius 2 is 2.06 bits per heavy atom. The van der Waals surface area contributed by atoms with Crippen molar-refractivity contribution in [2.75, 3.05) is 6.54 Å². The molecule has 0 spiro atoms. The van der Waals surface area contributed by atoms with Crippen LogP contribution in [0.1, 0.15) is 11.1 Å². The van der Waals surface area contributed by atoms with E-state index in [4.69, 9.17) is 11.6 Å². The van der Waals surface area contributed by atoms with Crippen molar-refractivity contribution < 1.29 is 18.0 Å². The molecule has 2 nitrogen and oxygen atoms in total. The van der Waals surface area contributed by atoms with Crippen molar-refractivity contribution in [3.63, 3.8) is 0 Å². The lowest BCUT2D eigenvalue weighted by Crippen LogP contribution is -2.43. The molecule has 0 unspecified atom stereocenters. The predicted molar refractivity (Wildman–Crippen MR) is 64.3 cm³/mol. The molecule has 1 aliphatic heterocycles. The van der Waals surface area contributed by atoms with Crippen LogP contribution in [0.15, 0.2) is 16.6 Å². The fourth-order valence-corrected chi connectivity index (χ4v) is 2.93. The second-order valence-electron chi connectivity index (χ2n) is 4.00. The van der Waals surface area contributed by atoms with Gasteiger partial charge in [-0.3, -0.25) is 4.79 Å². The van der Waals surface area contributed by atoms with Gasteiger partial charge in [-0.05, 0) is 29.7 Å². The molecular formula is C11H8BrClF3NO. The van der Waals surface area contributed by atoms with E-state index in [1.165, 1.54) is 0 Å². The van der Waals surface area contributed by atoms with E-state index in [-0.39, 0.29) is 13.1 Å². The van der Waals surface area contributed by atoms with Gasteiger partial charge in [-0.25, -0.2) is 0 Å². The van der Waals surface area contributed by atoms with E-state index in [0.717, 1.165) is 10.5 Å². The molecule has 0 aliphatic carbocycles. The molecule has 7 heteroatoms. The summed E-state index contributed by atoms with van der Waals surface area (Å²) in [5.74, 6) is -1.80. The first-order valence-corrected chi connectivity index (χ1v) is 6.29. The number of hydrogen-bond donors (Lipinski definition) is 0. The summed E-state index contributed by atoms with van der Waals surface area (Å²) in [6.45, 7) is -0.0282. The smallest absolute Gasteiger partial charge is 0.330 e. The fourth-order valence-electron chi connectivity index (χ4n) is 1.96. The molecule has 0 radical (unpaired) electrons. The fraction of sp³-hybridized carbons (Fsp3) is 0.364. The van der Waals surface area contributed by atoms with Crippen LogP contribution >= 0.6 is 27.5 Å². The third-order valence-corrected chi connectivity index (χ3v) is 3.57. The minimum absolute atomic E-state index is 0.0344. The number of hydrogen-bond acceptors (Lipinski definition) is 1. The van der Waals surface area contributed by atoms with Crippen LogP contribution in [0.25, 0.3) is 0 Å². The molecule has 0 bridgehead atoms. The molecule has 1 amide bonds. The molecule has 1 heterocycles. The summed E-state index contributed by atoms with van der Waals surface area (Å²) in [6, 6.07) is 3.39. The minimum atomic E-state index is -4.83. The summed E-state index contributed by atoms with van der Waals surface area (Å²) in [7, 11) is 0. The Labute approximate surface area is 115 Å². The summed E-state index contributed by atoms with van der Waals surface area (Å²) in [4.78, 5) is 12.0. The van der Waals surface area contributed by atoms with E-state index in [1.807, 2.05) is 0 Å². The Bertz CT molecular complexity index is 504. The van der Waals surface area contributed by atoms with E-state index < -0.39 is 12.1 Å². The lowest BCUT2D eigenvalue weighted by atomic mass is 10.00. The molecule has 0 atom stereocenters. The van der Waals surface area contributed by atoms with Gasteiger partial charge in [0.05, 0.1) is 0 Å². The maximum atomic E-state index is 12.3. The average Bonchev–Trinajstić information content (AvgIpc) is 2.25. The van der Waals surface area contributed by atoms with Crippen molar-refractivity contribution in [3.05, 3.63) is 32.8 Å². The van der Waals surface area contributed by atoms with Gasteiger partial charge in [-0.15, -0.1) is 0 Å². The maximum Gasteiger partial charge on any atom is 0.471 e. The number of halogens is 5. The van der Waals surface area contributed by atoms with Crippen LogP contribution in [0.2, 0.25) is 5.02 Å². The number of nitrogens with zero attached hydrogens (tertiary/aromatic N) is 1. The molecule has 0 fully saturated rings. The van der Waals surface area contributed by atoms with Crippen molar-refractivity contribution in [2.45, 2.75) is 19.1 Å². The largest absolute Gasteiger partial charge is 0.471 e. The number of alkyl halides is 3. The van der Waals surface area contributed by atoms with Crippen molar-refractivity contribution in [1.82, 2.24) is 4.90 Å². The van der Waals surface area contributed by atoms with Crippen LogP contribution in [-0.2, 0) is 17.8 Å². The third-order valence-electron chi connectivity index (χ3n) is 2.78. The minimum Gasteiger partial charge on any atom is -0.330 e. The van der Waals surface area contributed by atoms with Gasteiger partial charge < -0.3 is 4.90 Å². The summed E-state index contributed by atoms with van der Waals surface area (Å²) < 4.78 is 37.7. The van der Waals surface area contributed by atoms with Gasteiger partial charge in [0.25, 0.3) is 0 Å². The highest BCUT2D eigenvalue weighted by molar-refractivity contribution is 9.10. The quantitative estimate of drug-likeness (QED) is 0.706. The summed E-state index contributed by atoms with van der Waals surface area (Å²) in [5, 5.41) is 0.512. The van der Waals surface area contributed by atoms with Crippen LogP contribution in [0.3, 0.4) is 0 Å².